The average molecular weight is 524 g/mol. The van der Waals surface area contributed by atoms with Gasteiger partial charge in [-0.1, -0.05) is 23.4 Å². The van der Waals surface area contributed by atoms with Gasteiger partial charge < -0.3 is 24.4 Å². The number of ether oxygens (including phenoxy) is 1. The molecule has 0 saturated carbocycles. The van der Waals surface area contributed by atoms with E-state index in [-0.39, 0.29) is 48.7 Å². The van der Waals surface area contributed by atoms with Crippen LogP contribution in [-0.4, -0.2) is 64.9 Å². The van der Waals surface area contributed by atoms with Gasteiger partial charge in [0.05, 0.1) is 0 Å². The first-order chi connectivity index (χ1) is 18.3. The van der Waals surface area contributed by atoms with E-state index in [4.69, 9.17) is 9.26 Å². The van der Waals surface area contributed by atoms with Crippen LogP contribution < -0.4 is 10.1 Å². The topological polar surface area (TPSA) is 118 Å². The average Bonchev–Trinajstić information content (AvgIpc) is 3.41. The van der Waals surface area contributed by atoms with E-state index in [0.717, 1.165) is 12.8 Å². The summed E-state index contributed by atoms with van der Waals surface area (Å²) in [4.78, 5) is 44.5. The molecule has 1 aliphatic heterocycles. The van der Waals surface area contributed by atoms with Gasteiger partial charge >= 0.3 is 0 Å². The van der Waals surface area contributed by atoms with Crippen molar-refractivity contribution < 1.29 is 28.0 Å². The van der Waals surface area contributed by atoms with Crippen LogP contribution in [0.2, 0.25) is 0 Å². The number of rotatable bonds is 9. The highest BCUT2D eigenvalue weighted by molar-refractivity contribution is 5.93. The zero-order valence-corrected chi connectivity index (χ0v) is 21.4. The molecule has 1 saturated heterocycles. The van der Waals surface area contributed by atoms with E-state index in [9.17, 15) is 18.8 Å². The van der Waals surface area contributed by atoms with Crippen LogP contribution in [-0.2, 0) is 14.4 Å². The van der Waals surface area contributed by atoms with Gasteiger partial charge in [-0.3, -0.25) is 14.4 Å². The van der Waals surface area contributed by atoms with Crippen LogP contribution in [0.4, 0.5) is 10.1 Å². The zero-order chi connectivity index (χ0) is 27.1. The van der Waals surface area contributed by atoms with Crippen molar-refractivity contribution in [1.29, 1.82) is 0 Å². The fourth-order valence-electron chi connectivity index (χ4n) is 4.18. The Bertz CT molecular complexity index is 1280. The number of hydrogen-bond donors (Lipinski definition) is 1. The summed E-state index contributed by atoms with van der Waals surface area (Å²) in [5.74, 6) is -0.391. The number of hydrogen-bond acceptors (Lipinski definition) is 7. The Morgan fingerprint density at radius 2 is 1.92 bits per heavy atom. The van der Waals surface area contributed by atoms with Crippen molar-refractivity contribution in [2.24, 2.45) is 0 Å². The number of para-hydroxylation sites is 1. The van der Waals surface area contributed by atoms with Crippen molar-refractivity contribution in [3.8, 4) is 17.1 Å². The van der Waals surface area contributed by atoms with Crippen LogP contribution in [0.3, 0.4) is 0 Å². The second kappa shape index (κ2) is 12.3. The van der Waals surface area contributed by atoms with E-state index in [1.54, 1.807) is 31.1 Å². The summed E-state index contributed by atoms with van der Waals surface area (Å²) in [6.07, 6.45) is 2.39. The monoisotopic (exact) mass is 523 g/mol. The van der Waals surface area contributed by atoms with Gasteiger partial charge in [-0.2, -0.15) is 4.98 Å². The number of benzene rings is 2. The van der Waals surface area contributed by atoms with Crippen molar-refractivity contribution in [3.05, 3.63) is 60.2 Å². The van der Waals surface area contributed by atoms with Crippen LogP contribution in [0.25, 0.3) is 11.4 Å². The third kappa shape index (κ3) is 6.93. The molecule has 0 radical (unpaired) electrons. The first-order valence-corrected chi connectivity index (χ1v) is 12.4. The van der Waals surface area contributed by atoms with E-state index >= 15 is 0 Å². The summed E-state index contributed by atoms with van der Waals surface area (Å²) in [6, 6.07) is 12.6. The Hall–Kier alpha value is -4.28. The highest BCUT2D eigenvalue weighted by atomic mass is 19.1. The predicted octanol–water partition coefficient (Wildman–Crippen LogP) is 3.82. The Labute approximate surface area is 219 Å². The molecule has 38 heavy (non-hydrogen) atoms. The normalized spacial score (nSPS) is 15.1. The summed E-state index contributed by atoms with van der Waals surface area (Å²) in [5.41, 5.74) is 0.516. The van der Waals surface area contributed by atoms with Crippen molar-refractivity contribution in [2.45, 2.75) is 38.1 Å². The maximum absolute atomic E-state index is 14.4. The highest BCUT2D eigenvalue weighted by Crippen LogP contribution is 2.32. The molecule has 11 heteroatoms. The zero-order valence-electron chi connectivity index (χ0n) is 21.4. The number of nitrogens with one attached hydrogen (secondary N) is 1. The third-order valence-corrected chi connectivity index (χ3v) is 6.16. The van der Waals surface area contributed by atoms with Gasteiger partial charge in [0.15, 0.2) is 6.61 Å². The van der Waals surface area contributed by atoms with Crippen molar-refractivity contribution >= 4 is 23.4 Å². The van der Waals surface area contributed by atoms with Crippen LogP contribution in [0.1, 0.15) is 44.0 Å². The molecule has 2 heterocycles. The van der Waals surface area contributed by atoms with Gasteiger partial charge in [0.1, 0.15) is 17.6 Å². The molecule has 0 aliphatic carbocycles. The van der Waals surface area contributed by atoms with E-state index in [2.05, 4.69) is 15.5 Å². The van der Waals surface area contributed by atoms with Gasteiger partial charge in [0.2, 0.25) is 23.5 Å². The Morgan fingerprint density at radius 3 is 2.68 bits per heavy atom. The number of likely N-dealkylation sites (tertiary alicyclic amines) is 1. The number of amides is 3. The lowest BCUT2D eigenvalue weighted by Gasteiger charge is -2.33. The Morgan fingerprint density at radius 1 is 1.13 bits per heavy atom. The maximum Gasteiger partial charge on any atom is 0.261 e. The van der Waals surface area contributed by atoms with Crippen LogP contribution in [0, 0.1) is 5.82 Å². The third-order valence-electron chi connectivity index (χ3n) is 6.16. The van der Waals surface area contributed by atoms with Crippen molar-refractivity contribution in [1.82, 2.24) is 19.9 Å². The summed E-state index contributed by atoms with van der Waals surface area (Å²) in [6.45, 7) is 0.417. The Kier molecular flexibility index (Phi) is 8.67. The van der Waals surface area contributed by atoms with Gasteiger partial charge in [-0.25, -0.2) is 4.39 Å². The van der Waals surface area contributed by atoms with Crippen LogP contribution in [0.5, 0.6) is 5.75 Å². The lowest BCUT2D eigenvalue weighted by molar-refractivity contribution is -0.138. The van der Waals surface area contributed by atoms with Crippen LogP contribution in [0.15, 0.2) is 53.1 Å². The quantitative estimate of drug-likeness (QED) is 0.453. The van der Waals surface area contributed by atoms with Crippen molar-refractivity contribution in [3.63, 3.8) is 0 Å². The molecule has 1 N–H and O–H groups in total. The minimum atomic E-state index is -0.596. The summed E-state index contributed by atoms with van der Waals surface area (Å²) >= 11 is 0. The molecule has 1 aromatic heterocycles. The lowest BCUT2D eigenvalue weighted by Crippen LogP contribution is -2.41. The van der Waals surface area contributed by atoms with Gasteiger partial charge in [-0.05, 0) is 49.6 Å². The van der Waals surface area contributed by atoms with E-state index in [0.29, 0.717) is 24.3 Å². The summed E-state index contributed by atoms with van der Waals surface area (Å²) in [5, 5.41) is 6.61. The minimum Gasteiger partial charge on any atom is -0.484 e. The molecule has 4 rings (SSSR count). The molecule has 0 unspecified atom stereocenters. The molecule has 0 bridgehead atoms. The molecule has 1 fully saturated rings. The molecule has 0 spiro atoms. The standard InChI is InChI=1S/C27H30FN5O5/c1-32(2)24(35)12-11-23(34)29-20-15-18(14-19(28)16-20)26-30-27(38-31-26)22-10-6-7-13-33(22)25(36)17-37-21-8-4-3-5-9-21/h3-5,8-9,14-16,22H,6-7,10-13,17H2,1-2H3,(H,29,34)/t22-/m1/s1. The maximum atomic E-state index is 14.4. The molecule has 200 valence electrons. The second-order valence-corrected chi connectivity index (χ2v) is 9.22. The van der Waals surface area contributed by atoms with E-state index < -0.39 is 17.8 Å². The molecule has 3 aromatic rings. The number of aromatic nitrogens is 2. The molecule has 3 amide bonds. The molecule has 10 nitrogen and oxygen atoms in total. The number of carbonyl (C=O) groups is 3. The number of carbonyl (C=O) groups excluding carboxylic acids is 3. The van der Waals surface area contributed by atoms with Gasteiger partial charge in [-0.15, -0.1) is 0 Å². The number of nitrogens with zero attached hydrogens (tertiary/aromatic N) is 4. The minimum absolute atomic E-state index is 0.0330. The molecule has 1 atom stereocenters. The van der Waals surface area contributed by atoms with Gasteiger partial charge in [0, 0.05) is 44.7 Å². The van der Waals surface area contributed by atoms with E-state index in [1.165, 1.54) is 23.1 Å². The highest BCUT2D eigenvalue weighted by Gasteiger charge is 2.32. The molecule has 1 aliphatic rings. The SMILES string of the molecule is CN(C)C(=O)CCC(=O)Nc1cc(F)cc(-c2noc([C@H]3CCCCN3C(=O)COc3ccccc3)n2)c1. The number of halogens is 1. The van der Waals surface area contributed by atoms with Gasteiger partial charge in [0.25, 0.3) is 5.91 Å². The predicted molar refractivity (Wildman–Crippen MR) is 136 cm³/mol. The van der Waals surface area contributed by atoms with Crippen LogP contribution >= 0.6 is 0 Å². The Balaban J connectivity index is 1.44. The first-order valence-electron chi connectivity index (χ1n) is 12.4. The fraction of sp³-hybridized carbons (Fsp3) is 0.370. The fourth-order valence-corrected chi connectivity index (χ4v) is 4.18. The summed E-state index contributed by atoms with van der Waals surface area (Å²) < 4.78 is 25.5. The molecular formula is C27H30FN5O5. The summed E-state index contributed by atoms with van der Waals surface area (Å²) in [7, 11) is 3.22. The number of anilines is 1. The number of piperidine rings is 1. The smallest absolute Gasteiger partial charge is 0.261 e. The first kappa shape index (κ1) is 26.8. The van der Waals surface area contributed by atoms with E-state index in [1.807, 2.05) is 18.2 Å². The molecular weight excluding hydrogens is 493 g/mol. The lowest BCUT2D eigenvalue weighted by atomic mass is 10.0. The van der Waals surface area contributed by atoms with Crippen molar-refractivity contribution in [2.75, 3.05) is 32.6 Å². The second-order valence-electron chi connectivity index (χ2n) is 9.22. The molecule has 2 aromatic carbocycles. The largest absolute Gasteiger partial charge is 0.484 e.